The molecule has 0 bridgehead atoms. The average molecular weight is 84.0 g/mol. The maximum atomic E-state index is 7.57. The molecule has 0 aromatic rings. The Labute approximate surface area is 53.1 Å². The van der Waals surface area contributed by atoms with E-state index in [1.807, 2.05) is 0 Å². The monoisotopic (exact) mass is 84.0 g/mol. The van der Waals surface area contributed by atoms with E-state index in [0.717, 1.165) is 0 Å². The standard InChI is InChI=1S/C2H5O2.Na/c3-1-2-4;/h1,3-4H,2H2;/q-1;+1. The van der Waals surface area contributed by atoms with Crippen molar-refractivity contribution >= 4 is 0 Å². The molecule has 0 rings (SSSR count). The Morgan fingerprint density at radius 1 is 1.60 bits per heavy atom. The topological polar surface area (TPSA) is 40.5 Å². The molecule has 2 nitrogen and oxygen atoms in total. The minimum absolute atomic E-state index is 0. The first-order chi connectivity index (χ1) is 1.91. The first kappa shape index (κ1) is 9.33. The van der Waals surface area contributed by atoms with Crippen molar-refractivity contribution in [3.63, 3.8) is 0 Å². The maximum absolute atomic E-state index is 7.57. The summed E-state index contributed by atoms with van der Waals surface area (Å²) in [6.45, 7) is 0.431. The number of hydrogen-bond acceptors (Lipinski definition) is 2. The van der Waals surface area contributed by atoms with Crippen LogP contribution in [-0.2, 0) is 0 Å². The smallest absolute Gasteiger partial charge is 0.564 e. The molecular formula is C2H5NaO2. The quantitative estimate of drug-likeness (QED) is 0.256. The molecule has 0 aliphatic rings. The molecule has 5 heavy (non-hydrogen) atoms. The molecule has 0 spiro atoms. The van der Waals surface area contributed by atoms with Gasteiger partial charge in [-0.2, -0.15) is 6.61 Å². The maximum Gasteiger partial charge on any atom is 1.00 e. The van der Waals surface area contributed by atoms with Gasteiger partial charge in [0, 0.05) is 0 Å². The Balaban J connectivity index is 0. The van der Waals surface area contributed by atoms with E-state index in [1.165, 1.54) is 0 Å². The third-order valence-electron chi connectivity index (χ3n) is 0.0816. The average Bonchev–Trinajstić information content (AvgIpc) is 1.37. The Morgan fingerprint density at radius 2 is 1.80 bits per heavy atom. The van der Waals surface area contributed by atoms with Gasteiger partial charge in [0.05, 0.1) is 0 Å². The molecule has 2 N–H and O–H groups in total. The van der Waals surface area contributed by atoms with Gasteiger partial charge in [0.25, 0.3) is 0 Å². The summed E-state index contributed by atoms with van der Waals surface area (Å²) in [4.78, 5) is 0. The summed E-state index contributed by atoms with van der Waals surface area (Å²) in [5.74, 6) is 0. The number of rotatable bonds is 1. The Morgan fingerprint density at radius 3 is 1.80 bits per heavy atom. The summed E-state index contributed by atoms with van der Waals surface area (Å²) in [6.07, 6.45) is 0. The van der Waals surface area contributed by atoms with Crippen molar-refractivity contribution in [1.82, 2.24) is 0 Å². The normalized spacial score (nSPS) is 6.00. The number of aliphatic hydroxyl groups excluding tert-OH is 2. The molecular weight excluding hydrogens is 79.0 g/mol. The van der Waals surface area contributed by atoms with Crippen LogP contribution in [0.15, 0.2) is 0 Å². The van der Waals surface area contributed by atoms with Crippen LogP contribution in [0.4, 0.5) is 0 Å². The summed E-state index contributed by atoms with van der Waals surface area (Å²) in [6, 6.07) is 0. The third-order valence-corrected chi connectivity index (χ3v) is 0.0816. The van der Waals surface area contributed by atoms with Crippen molar-refractivity contribution < 1.29 is 39.8 Å². The predicted molar refractivity (Wildman–Crippen MR) is 13.3 cm³/mol. The summed E-state index contributed by atoms with van der Waals surface area (Å²) >= 11 is 0. The SMILES string of the molecule is O[CH-]CO.[Na+]. The van der Waals surface area contributed by atoms with Gasteiger partial charge >= 0.3 is 29.6 Å². The zero-order valence-corrected chi connectivity index (χ0v) is 5.18. The molecule has 0 radical (unpaired) electrons. The molecule has 0 saturated heterocycles. The molecule has 0 heterocycles. The minimum Gasteiger partial charge on any atom is -0.564 e. The molecule has 0 aliphatic heterocycles. The summed E-state index contributed by atoms with van der Waals surface area (Å²) in [5, 5.41) is 15.1. The van der Waals surface area contributed by atoms with Crippen LogP contribution in [0.2, 0.25) is 0 Å². The van der Waals surface area contributed by atoms with Gasteiger partial charge in [-0.1, -0.05) is 6.61 Å². The van der Waals surface area contributed by atoms with Crippen molar-refractivity contribution in [1.29, 1.82) is 0 Å². The van der Waals surface area contributed by atoms with E-state index in [-0.39, 0.29) is 36.2 Å². The summed E-state index contributed by atoms with van der Waals surface area (Å²) < 4.78 is 0. The van der Waals surface area contributed by atoms with Gasteiger partial charge in [0.1, 0.15) is 0 Å². The molecule has 0 fully saturated rings. The summed E-state index contributed by atoms with van der Waals surface area (Å²) in [7, 11) is 0. The van der Waals surface area contributed by atoms with Crippen LogP contribution in [0.5, 0.6) is 0 Å². The van der Waals surface area contributed by atoms with E-state index in [2.05, 4.69) is 0 Å². The molecule has 3 heteroatoms. The fraction of sp³-hybridized carbons (Fsp3) is 0.500. The third kappa shape index (κ3) is 11.4. The Bertz CT molecular complexity index is 9.61. The van der Waals surface area contributed by atoms with Crippen molar-refractivity contribution in [3.05, 3.63) is 6.61 Å². The van der Waals surface area contributed by atoms with Gasteiger partial charge in [0.2, 0.25) is 0 Å². The van der Waals surface area contributed by atoms with Gasteiger partial charge in [-0.25, -0.2) is 0 Å². The first-order valence-corrected chi connectivity index (χ1v) is 0.983. The molecule has 0 amide bonds. The van der Waals surface area contributed by atoms with Gasteiger partial charge in [-0.3, -0.25) is 0 Å². The van der Waals surface area contributed by atoms with Crippen molar-refractivity contribution in [2.24, 2.45) is 0 Å². The van der Waals surface area contributed by atoms with Crippen molar-refractivity contribution in [2.75, 3.05) is 6.61 Å². The van der Waals surface area contributed by atoms with Crippen LogP contribution in [0.1, 0.15) is 0 Å². The first-order valence-electron chi connectivity index (χ1n) is 0.983. The van der Waals surface area contributed by atoms with E-state index in [1.54, 1.807) is 0 Å². The molecule has 26 valence electrons. The fourth-order valence-corrected chi connectivity index (χ4v) is 0. The minimum atomic E-state index is -0.250. The number of aliphatic hydroxyl groups is 2. The van der Waals surface area contributed by atoms with Gasteiger partial charge in [0.15, 0.2) is 0 Å². The van der Waals surface area contributed by atoms with E-state index in [0.29, 0.717) is 6.61 Å². The van der Waals surface area contributed by atoms with Crippen LogP contribution in [-0.4, -0.2) is 16.8 Å². The van der Waals surface area contributed by atoms with Crippen LogP contribution in [0.3, 0.4) is 0 Å². The molecule has 0 aromatic heterocycles. The second kappa shape index (κ2) is 8.87. The molecule has 0 aliphatic carbocycles. The Kier molecular flexibility index (Phi) is 16.5. The van der Waals surface area contributed by atoms with Gasteiger partial charge in [-0.15, -0.1) is 0 Å². The van der Waals surface area contributed by atoms with Crippen molar-refractivity contribution in [2.45, 2.75) is 0 Å². The predicted octanol–water partition coefficient (Wildman–Crippen LogP) is -3.48. The zero-order valence-electron chi connectivity index (χ0n) is 3.18. The fourth-order valence-electron chi connectivity index (χ4n) is 0. The second-order valence-electron chi connectivity index (χ2n) is 0.365. The number of hydrogen-bond donors (Lipinski definition) is 2. The van der Waals surface area contributed by atoms with E-state index in [4.69, 9.17) is 10.2 Å². The molecule has 0 saturated carbocycles. The summed E-state index contributed by atoms with van der Waals surface area (Å²) in [5.41, 5.74) is 0. The molecule has 0 atom stereocenters. The van der Waals surface area contributed by atoms with E-state index in [9.17, 15) is 0 Å². The van der Waals surface area contributed by atoms with Gasteiger partial charge in [-0.05, 0) is 0 Å². The van der Waals surface area contributed by atoms with E-state index >= 15 is 0 Å². The van der Waals surface area contributed by atoms with Crippen LogP contribution < -0.4 is 29.6 Å². The van der Waals surface area contributed by atoms with Crippen LogP contribution >= 0.6 is 0 Å². The molecule has 0 unspecified atom stereocenters. The second-order valence-corrected chi connectivity index (χ2v) is 0.365. The Hall–Kier alpha value is 0.920. The van der Waals surface area contributed by atoms with Crippen molar-refractivity contribution in [3.8, 4) is 0 Å². The van der Waals surface area contributed by atoms with Crippen LogP contribution in [0, 0.1) is 6.61 Å². The van der Waals surface area contributed by atoms with Crippen LogP contribution in [0.25, 0.3) is 0 Å². The molecule has 0 aromatic carbocycles. The van der Waals surface area contributed by atoms with Gasteiger partial charge < -0.3 is 10.2 Å². The zero-order chi connectivity index (χ0) is 3.41. The van der Waals surface area contributed by atoms with E-state index < -0.39 is 0 Å². The largest absolute Gasteiger partial charge is 1.00 e.